The topological polar surface area (TPSA) is 18.5 Å². The zero-order chi connectivity index (χ0) is 13.2. The molecule has 0 aliphatic heterocycles. The van der Waals surface area contributed by atoms with Crippen LogP contribution >= 0.6 is 0 Å². The number of hydrogen-bond acceptors (Lipinski definition) is 2. The Labute approximate surface area is 89.5 Å². The SMILES string of the molecule is Fc1ccc(OC(F)F)c(F)c1OC(F)(F)F. The Morgan fingerprint density at radius 2 is 1.65 bits per heavy atom. The molecular weight excluding hydrogens is 261 g/mol. The summed E-state index contributed by atoms with van der Waals surface area (Å²) in [5, 5.41) is 0. The van der Waals surface area contributed by atoms with Crippen LogP contribution in [-0.4, -0.2) is 13.0 Å². The molecule has 1 rings (SSSR count). The van der Waals surface area contributed by atoms with E-state index in [4.69, 9.17) is 0 Å². The second-order valence-corrected chi connectivity index (χ2v) is 2.61. The molecule has 1 aromatic carbocycles. The van der Waals surface area contributed by atoms with E-state index in [9.17, 15) is 30.7 Å². The van der Waals surface area contributed by atoms with Crippen LogP contribution in [0, 0.1) is 11.6 Å². The first-order chi connectivity index (χ1) is 7.70. The molecule has 2 nitrogen and oxygen atoms in total. The number of halogens is 7. The molecule has 0 bridgehead atoms. The van der Waals surface area contributed by atoms with Gasteiger partial charge in [0.1, 0.15) is 0 Å². The number of benzene rings is 1. The molecule has 0 amide bonds. The van der Waals surface area contributed by atoms with Gasteiger partial charge in [-0.05, 0) is 12.1 Å². The molecular formula is C8H3F7O2. The van der Waals surface area contributed by atoms with Crippen molar-refractivity contribution in [3.05, 3.63) is 23.8 Å². The number of alkyl halides is 5. The van der Waals surface area contributed by atoms with Crippen molar-refractivity contribution in [1.82, 2.24) is 0 Å². The largest absolute Gasteiger partial charge is 0.573 e. The molecule has 1 aromatic rings. The molecule has 96 valence electrons. The van der Waals surface area contributed by atoms with E-state index in [1.165, 1.54) is 0 Å². The van der Waals surface area contributed by atoms with E-state index < -0.39 is 36.1 Å². The molecule has 0 saturated heterocycles. The van der Waals surface area contributed by atoms with Crippen molar-refractivity contribution in [1.29, 1.82) is 0 Å². The molecule has 0 atom stereocenters. The van der Waals surface area contributed by atoms with E-state index in [0.717, 1.165) is 0 Å². The normalized spacial score (nSPS) is 11.8. The first kappa shape index (κ1) is 13.4. The van der Waals surface area contributed by atoms with Gasteiger partial charge in [-0.1, -0.05) is 0 Å². The van der Waals surface area contributed by atoms with E-state index in [1.807, 2.05) is 0 Å². The first-order valence-electron chi connectivity index (χ1n) is 3.89. The van der Waals surface area contributed by atoms with Crippen molar-refractivity contribution < 1.29 is 40.2 Å². The molecule has 0 heterocycles. The van der Waals surface area contributed by atoms with E-state index in [1.54, 1.807) is 0 Å². The maximum atomic E-state index is 13.1. The average molecular weight is 264 g/mol. The highest BCUT2D eigenvalue weighted by Gasteiger charge is 2.35. The van der Waals surface area contributed by atoms with Gasteiger partial charge in [0.15, 0.2) is 11.6 Å². The molecule has 17 heavy (non-hydrogen) atoms. The summed E-state index contributed by atoms with van der Waals surface area (Å²) in [6.07, 6.45) is -5.36. The van der Waals surface area contributed by atoms with Crippen molar-refractivity contribution in [3.63, 3.8) is 0 Å². The van der Waals surface area contributed by atoms with E-state index in [-0.39, 0.29) is 0 Å². The minimum atomic E-state index is -5.36. The maximum absolute atomic E-state index is 13.1. The molecule has 0 N–H and O–H groups in total. The monoisotopic (exact) mass is 264 g/mol. The quantitative estimate of drug-likeness (QED) is 0.778. The van der Waals surface area contributed by atoms with Crippen LogP contribution in [0.5, 0.6) is 11.5 Å². The Balaban J connectivity index is 3.11. The molecule has 0 aliphatic rings. The van der Waals surface area contributed by atoms with Gasteiger partial charge in [0.2, 0.25) is 11.6 Å². The highest BCUT2D eigenvalue weighted by atomic mass is 19.4. The molecule has 9 heteroatoms. The van der Waals surface area contributed by atoms with Gasteiger partial charge in [0.25, 0.3) is 0 Å². The third-order valence-electron chi connectivity index (χ3n) is 1.45. The van der Waals surface area contributed by atoms with Gasteiger partial charge in [-0.3, -0.25) is 0 Å². The first-order valence-corrected chi connectivity index (χ1v) is 3.89. The molecule has 0 fully saturated rings. The predicted molar refractivity (Wildman–Crippen MR) is 39.7 cm³/mol. The van der Waals surface area contributed by atoms with Crippen molar-refractivity contribution in [2.24, 2.45) is 0 Å². The summed E-state index contributed by atoms with van der Waals surface area (Å²) in [5.41, 5.74) is 0. The van der Waals surface area contributed by atoms with E-state index >= 15 is 0 Å². The molecule has 0 radical (unpaired) electrons. The van der Waals surface area contributed by atoms with Gasteiger partial charge >= 0.3 is 13.0 Å². The van der Waals surface area contributed by atoms with Crippen LogP contribution in [0.15, 0.2) is 12.1 Å². The number of rotatable bonds is 3. The second kappa shape index (κ2) is 4.68. The highest BCUT2D eigenvalue weighted by Crippen LogP contribution is 2.34. The van der Waals surface area contributed by atoms with Crippen molar-refractivity contribution in [2.75, 3.05) is 0 Å². The second-order valence-electron chi connectivity index (χ2n) is 2.61. The van der Waals surface area contributed by atoms with Crippen LogP contribution in [0.2, 0.25) is 0 Å². The summed E-state index contributed by atoms with van der Waals surface area (Å²) < 4.78 is 91.1. The maximum Gasteiger partial charge on any atom is 0.573 e. The predicted octanol–water partition coefficient (Wildman–Crippen LogP) is 3.46. The fraction of sp³-hybridized carbons (Fsp3) is 0.250. The highest BCUT2D eigenvalue weighted by molar-refractivity contribution is 5.37. The summed E-state index contributed by atoms with van der Waals surface area (Å²) in [7, 11) is 0. The zero-order valence-corrected chi connectivity index (χ0v) is 7.69. The van der Waals surface area contributed by atoms with Gasteiger partial charge in [0, 0.05) is 0 Å². The van der Waals surface area contributed by atoms with Gasteiger partial charge in [-0.15, -0.1) is 13.2 Å². The lowest BCUT2D eigenvalue weighted by Crippen LogP contribution is -2.19. The summed E-state index contributed by atoms with van der Waals surface area (Å²) >= 11 is 0. The summed E-state index contributed by atoms with van der Waals surface area (Å²) in [6.45, 7) is -3.46. The minimum absolute atomic E-state index is 0.307. The smallest absolute Gasteiger partial charge is 0.432 e. The number of hydrogen-bond donors (Lipinski definition) is 0. The van der Waals surface area contributed by atoms with Gasteiger partial charge in [0.05, 0.1) is 0 Å². The lowest BCUT2D eigenvalue weighted by molar-refractivity contribution is -0.276. The third-order valence-corrected chi connectivity index (χ3v) is 1.45. The Kier molecular flexibility index (Phi) is 3.69. The molecule has 0 saturated carbocycles. The van der Waals surface area contributed by atoms with Crippen LogP contribution < -0.4 is 9.47 Å². The molecule has 0 aromatic heterocycles. The Morgan fingerprint density at radius 1 is 1.06 bits per heavy atom. The fourth-order valence-electron chi connectivity index (χ4n) is 0.911. The lowest BCUT2D eigenvalue weighted by atomic mass is 10.3. The van der Waals surface area contributed by atoms with E-state index in [2.05, 4.69) is 9.47 Å². The Bertz CT molecular complexity index is 402. The summed E-state index contributed by atoms with van der Waals surface area (Å²) in [5.74, 6) is -6.79. The zero-order valence-electron chi connectivity index (χ0n) is 7.69. The lowest BCUT2D eigenvalue weighted by Gasteiger charge is -2.12. The standard InChI is InChI=1S/C8H3F7O2/c9-3-1-2-4(16-7(11)12)5(10)6(3)17-8(13,14)15/h1-2,7H. The third kappa shape index (κ3) is 3.68. The van der Waals surface area contributed by atoms with Crippen molar-refractivity contribution in [2.45, 2.75) is 13.0 Å². The van der Waals surface area contributed by atoms with Crippen LogP contribution in [0.4, 0.5) is 30.7 Å². The van der Waals surface area contributed by atoms with Crippen LogP contribution in [0.3, 0.4) is 0 Å². The van der Waals surface area contributed by atoms with Crippen LogP contribution in [0.25, 0.3) is 0 Å². The Morgan fingerprint density at radius 3 is 2.12 bits per heavy atom. The van der Waals surface area contributed by atoms with Crippen molar-refractivity contribution in [3.8, 4) is 11.5 Å². The number of ether oxygens (including phenoxy) is 2. The summed E-state index contributed by atoms with van der Waals surface area (Å²) in [4.78, 5) is 0. The van der Waals surface area contributed by atoms with Crippen LogP contribution in [-0.2, 0) is 0 Å². The summed E-state index contributed by atoms with van der Waals surface area (Å²) in [6, 6.07) is 0.724. The molecule has 0 spiro atoms. The minimum Gasteiger partial charge on any atom is -0.432 e. The molecule has 0 aliphatic carbocycles. The van der Waals surface area contributed by atoms with Gasteiger partial charge < -0.3 is 9.47 Å². The Hall–Kier alpha value is -1.67. The van der Waals surface area contributed by atoms with E-state index in [0.29, 0.717) is 12.1 Å². The molecule has 0 unspecified atom stereocenters. The van der Waals surface area contributed by atoms with Crippen LogP contribution in [0.1, 0.15) is 0 Å². The van der Waals surface area contributed by atoms with Gasteiger partial charge in [-0.2, -0.15) is 13.2 Å². The van der Waals surface area contributed by atoms with Crippen molar-refractivity contribution >= 4 is 0 Å². The average Bonchev–Trinajstić information content (AvgIpc) is 2.15. The van der Waals surface area contributed by atoms with Gasteiger partial charge in [-0.25, -0.2) is 4.39 Å². The fourth-order valence-corrected chi connectivity index (χ4v) is 0.911.